The summed E-state index contributed by atoms with van der Waals surface area (Å²) in [4.78, 5) is 14.6. The van der Waals surface area contributed by atoms with Gasteiger partial charge in [-0.1, -0.05) is 5.16 Å². The quantitative estimate of drug-likeness (QED) is 0.689. The summed E-state index contributed by atoms with van der Waals surface area (Å²) in [7, 11) is 1.58. The zero-order valence-corrected chi connectivity index (χ0v) is 15.7. The van der Waals surface area contributed by atoms with Crippen LogP contribution in [-0.4, -0.2) is 56.0 Å². The van der Waals surface area contributed by atoms with Crippen LogP contribution in [0.3, 0.4) is 0 Å². The van der Waals surface area contributed by atoms with Crippen LogP contribution in [0.15, 0.2) is 16.7 Å². The molecule has 0 unspecified atom stereocenters. The summed E-state index contributed by atoms with van der Waals surface area (Å²) in [5, 5.41) is 16.9. The predicted molar refractivity (Wildman–Crippen MR) is 95.6 cm³/mol. The van der Waals surface area contributed by atoms with Crippen molar-refractivity contribution < 1.29 is 14.1 Å². The normalized spacial score (nSPS) is 15.4. The molecule has 0 saturated carbocycles. The van der Waals surface area contributed by atoms with Crippen LogP contribution < -0.4 is 4.74 Å². The number of rotatable bonds is 4. The topological polar surface area (TPSA) is 98.7 Å². The maximum atomic E-state index is 12.7. The number of fused-ring (bicyclic) bond motifs is 1. The molecule has 1 aliphatic heterocycles. The van der Waals surface area contributed by atoms with E-state index >= 15 is 0 Å². The van der Waals surface area contributed by atoms with Crippen LogP contribution in [-0.2, 0) is 11.2 Å². The highest BCUT2D eigenvalue weighted by Crippen LogP contribution is 2.28. The molecule has 0 N–H and O–H groups in total. The number of hydrogen-bond acceptors (Lipinski definition) is 7. The van der Waals surface area contributed by atoms with E-state index in [0.29, 0.717) is 36.8 Å². The average molecular weight is 370 g/mol. The minimum atomic E-state index is 0.105. The standard InChI is InChI=1S/C18H22N6O3/c1-11-14(12(2)27-22-11)10-17(25)23-8-6-13(7-9-23)18-20-19-15-4-5-16(26-3)21-24(15)18/h4-5,13H,6-10H2,1-3H3. The van der Waals surface area contributed by atoms with Crippen LogP contribution in [0.5, 0.6) is 5.88 Å². The molecule has 3 aromatic rings. The van der Waals surface area contributed by atoms with Gasteiger partial charge < -0.3 is 14.2 Å². The first-order valence-corrected chi connectivity index (χ1v) is 9.02. The smallest absolute Gasteiger partial charge is 0.231 e. The number of carbonyl (C=O) groups is 1. The number of hydrogen-bond donors (Lipinski definition) is 0. The van der Waals surface area contributed by atoms with Gasteiger partial charge in [-0.2, -0.15) is 4.52 Å². The highest BCUT2D eigenvalue weighted by Gasteiger charge is 2.28. The van der Waals surface area contributed by atoms with Gasteiger partial charge in [-0.05, 0) is 32.8 Å². The van der Waals surface area contributed by atoms with E-state index in [4.69, 9.17) is 9.26 Å². The van der Waals surface area contributed by atoms with Crippen molar-refractivity contribution in [3.63, 3.8) is 0 Å². The van der Waals surface area contributed by atoms with Crippen LogP contribution in [0.2, 0.25) is 0 Å². The zero-order chi connectivity index (χ0) is 19.0. The van der Waals surface area contributed by atoms with Gasteiger partial charge in [0.25, 0.3) is 0 Å². The van der Waals surface area contributed by atoms with Gasteiger partial charge in [-0.3, -0.25) is 4.79 Å². The van der Waals surface area contributed by atoms with E-state index in [-0.39, 0.29) is 11.8 Å². The average Bonchev–Trinajstić information content (AvgIpc) is 3.25. The van der Waals surface area contributed by atoms with Crippen LogP contribution in [0.4, 0.5) is 0 Å². The number of aryl methyl sites for hydroxylation is 2. The number of ether oxygens (including phenoxy) is 1. The Morgan fingerprint density at radius 3 is 2.70 bits per heavy atom. The minimum Gasteiger partial charge on any atom is -0.480 e. The number of carbonyl (C=O) groups excluding carboxylic acids is 1. The molecule has 142 valence electrons. The van der Waals surface area contributed by atoms with Crippen molar-refractivity contribution in [1.29, 1.82) is 0 Å². The Morgan fingerprint density at radius 2 is 2.04 bits per heavy atom. The molecule has 3 aromatic heterocycles. The maximum Gasteiger partial charge on any atom is 0.231 e. The Morgan fingerprint density at radius 1 is 1.26 bits per heavy atom. The lowest BCUT2D eigenvalue weighted by atomic mass is 9.95. The third-order valence-electron chi connectivity index (χ3n) is 5.19. The molecule has 9 nitrogen and oxygen atoms in total. The molecular weight excluding hydrogens is 348 g/mol. The fourth-order valence-corrected chi connectivity index (χ4v) is 3.56. The summed E-state index contributed by atoms with van der Waals surface area (Å²) < 4.78 is 12.1. The molecule has 0 bridgehead atoms. The number of piperidine rings is 1. The van der Waals surface area contributed by atoms with Crippen LogP contribution in [0.1, 0.15) is 41.6 Å². The van der Waals surface area contributed by atoms with Crippen LogP contribution >= 0.6 is 0 Å². The van der Waals surface area contributed by atoms with Crippen molar-refractivity contribution >= 4 is 11.6 Å². The van der Waals surface area contributed by atoms with E-state index in [2.05, 4.69) is 20.5 Å². The van der Waals surface area contributed by atoms with Crippen molar-refractivity contribution in [3.8, 4) is 5.88 Å². The first-order chi connectivity index (χ1) is 13.1. The molecule has 0 spiro atoms. The highest BCUT2D eigenvalue weighted by molar-refractivity contribution is 5.79. The molecule has 1 fully saturated rings. The molecular formula is C18H22N6O3. The van der Waals surface area contributed by atoms with Gasteiger partial charge in [0, 0.05) is 30.6 Å². The first kappa shape index (κ1) is 17.4. The Labute approximate surface area is 156 Å². The Bertz CT molecular complexity index is 951. The van der Waals surface area contributed by atoms with E-state index in [9.17, 15) is 4.79 Å². The van der Waals surface area contributed by atoms with Crippen LogP contribution in [0.25, 0.3) is 5.65 Å². The number of aromatic nitrogens is 5. The van der Waals surface area contributed by atoms with Gasteiger partial charge in [0.05, 0.1) is 19.2 Å². The largest absolute Gasteiger partial charge is 0.480 e. The van der Waals surface area contributed by atoms with Gasteiger partial charge >= 0.3 is 0 Å². The fraction of sp³-hybridized carbons (Fsp3) is 0.500. The molecule has 0 atom stereocenters. The van der Waals surface area contributed by atoms with Gasteiger partial charge in [0.2, 0.25) is 11.8 Å². The summed E-state index contributed by atoms with van der Waals surface area (Å²) in [6.07, 6.45) is 1.98. The third-order valence-corrected chi connectivity index (χ3v) is 5.19. The van der Waals surface area contributed by atoms with Gasteiger partial charge in [0.15, 0.2) is 11.5 Å². The Balaban J connectivity index is 1.44. The Kier molecular flexibility index (Phi) is 4.51. The second kappa shape index (κ2) is 6.98. The first-order valence-electron chi connectivity index (χ1n) is 9.02. The SMILES string of the molecule is COc1ccc2nnc(C3CCN(C(=O)Cc4c(C)noc4C)CC3)n2n1. The molecule has 1 amide bonds. The molecule has 1 aliphatic rings. The van der Waals surface area contributed by atoms with Crippen molar-refractivity contribution in [2.24, 2.45) is 0 Å². The summed E-state index contributed by atoms with van der Waals surface area (Å²) in [6, 6.07) is 3.61. The number of amides is 1. The second-order valence-electron chi connectivity index (χ2n) is 6.84. The van der Waals surface area contributed by atoms with Crippen molar-refractivity contribution in [2.75, 3.05) is 20.2 Å². The van der Waals surface area contributed by atoms with Crippen LogP contribution in [0, 0.1) is 13.8 Å². The predicted octanol–water partition coefficient (Wildman–Crippen LogP) is 1.69. The lowest BCUT2D eigenvalue weighted by molar-refractivity contribution is -0.131. The second-order valence-corrected chi connectivity index (χ2v) is 6.84. The Hall–Kier alpha value is -2.97. The van der Waals surface area contributed by atoms with E-state index in [1.165, 1.54) is 0 Å². The fourth-order valence-electron chi connectivity index (χ4n) is 3.56. The lowest BCUT2D eigenvalue weighted by Crippen LogP contribution is -2.39. The lowest BCUT2D eigenvalue weighted by Gasteiger charge is -2.31. The minimum absolute atomic E-state index is 0.105. The molecule has 27 heavy (non-hydrogen) atoms. The molecule has 0 aliphatic carbocycles. The van der Waals surface area contributed by atoms with E-state index < -0.39 is 0 Å². The molecule has 0 radical (unpaired) electrons. The van der Waals surface area contributed by atoms with E-state index in [1.807, 2.05) is 24.8 Å². The summed E-state index contributed by atoms with van der Waals surface area (Å²) in [6.45, 7) is 5.08. The zero-order valence-electron chi connectivity index (χ0n) is 15.7. The molecule has 9 heteroatoms. The van der Waals surface area contributed by atoms with E-state index in [0.717, 1.165) is 29.9 Å². The summed E-state index contributed by atoms with van der Waals surface area (Å²) >= 11 is 0. The maximum absolute atomic E-state index is 12.7. The van der Waals surface area contributed by atoms with Gasteiger partial charge in [0.1, 0.15) is 5.76 Å². The molecule has 0 aromatic carbocycles. The summed E-state index contributed by atoms with van der Waals surface area (Å²) in [5.41, 5.74) is 2.37. The van der Waals surface area contributed by atoms with Crippen molar-refractivity contribution in [3.05, 3.63) is 35.0 Å². The van der Waals surface area contributed by atoms with Gasteiger partial charge in [-0.15, -0.1) is 15.3 Å². The van der Waals surface area contributed by atoms with E-state index in [1.54, 1.807) is 17.7 Å². The number of likely N-dealkylation sites (tertiary alicyclic amines) is 1. The van der Waals surface area contributed by atoms with Gasteiger partial charge in [-0.25, -0.2) is 0 Å². The van der Waals surface area contributed by atoms with Crippen molar-refractivity contribution in [1.82, 2.24) is 29.9 Å². The molecule has 4 heterocycles. The molecule has 1 saturated heterocycles. The summed E-state index contributed by atoms with van der Waals surface area (Å²) in [5.74, 6) is 2.37. The number of nitrogens with zero attached hydrogens (tertiary/aromatic N) is 6. The monoisotopic (exact) mass is 370 g/mol. The highest BCUT2D eigenvalue weighted by atomic mass is 16.5. The van der Waals surface area contributed by atoms with Crippen molar-refractivity contribution in [2.45, 2.75) is 39.0 Å². The third kappa shape index (κ3) is 3.24. The molecule has 4 rings (SSSR count). The number of methoxy groups -OCH3 is 1.